The lowest BCUT2D eigenvalue weighted by molar-refractivity contribution is -0.121. The molecule has 1 aliphatic heterocycles. The Labute approximate surface area is 207 Å². The molecule has 0 atom stereocenters. The number of nitrogens with zero attached hydrogens (tertiary/aromatic N) is 2. The van der Waals surface area contributed by atoms with Crippen molar-refractivity contribution < 1.29 is 19.1 Å². The lowest BCUT2D eigenvalue weighted by Gasteiger charge is -2.14. The molecule has 0 fully saturated rings. The van der Waals surface area contributed by atoms with Crippen molar-refractivity contribution >= 4 is 28.4 Å². The van der Waals surface area contributed by atoms with Gasteiger partial charge in [0.15, 0.2) is 11.5 Å². The Morgan fingerprint density at radius 1 is 0.972 bits per heavy atom. The van der Waals surface area contributed by atoms with Gasteiger partial charge in [-0.3, -0.25) is 23.5 Å². The summed E-state index contributed by atoms with van der Waals surface area (Å²) in [7, 11) is 0. The Morgan fingerprint density at radius 2 is 1.75 bits per heavy atom. The minimum absolute atomic E-state index is 0.0489. The zero-order valence-electron chi connectivity index (χ0n) is 20.4. The van der Waals surface area contributed by atoms with Crippen LogP contribution in [0, 0.1) is 5.92 Å². The van der Waals surface area contributed by atoms with Gasteiger partial charge in [0, 0.05) is 31.3 Å². The van der Waals surface area contributed by atoms with Crippen molar-refractivity contribution in [1.29, 1.82) is 0 Å². The minimum atomic E-state index is -0.566. The van der Waals surface area contributed by atoms with E-state index in [-0.39, 0.29) is 25.8 Å². The van der Waals surface area contributed by atoms with Crippen molar-refractivity contribution in [1.82, 2.24) is 14.5 Å². The molecule has 2 heterocycles. The number of hydrogen-bond donors (Lipinski definition) is 2. The molecule has 0 aliphatic carbocycles. The summed E-state index contributed by atoms with van der Waals surface area (Å²) in [4.78, 5) is 51.1. The average Bonchev–Trinajstić information content (AvgIpc) is 3.32. The number of hydrogen-bond acceptors (Lipinski definition) is 6. The zero-order chi connectivity index (χ0) is 25.7. The Balaban J connectivity index is 1.49. The first-order chi connectivity index (χ1) is 17.3. The van der Waals surface area contributed by atoms with E-state index in [9.17, 15) is 19.2 Å². The third kappa shape index (κ3) is 5.76. The molecular formula is C26H30N4O6. The van der Waals surface area contributed by atoms with Gasteiger partial charge in [0.1, 0.15) is 6.54 Å². The van der Waals surface area contributed by atoms with Gasteiger partial charge in [-0.25, -0.2) is 4.79 Å². The van der Waals surface area contributed by atoms with Crippen LogP contribution in [0.3, 0.4) is 0 Å². The molecule has 0 saturated carbocycles. The fraction of sp³-hybridized carbons (Fsp3) is 0.385. The van der Waals surface area contributed by atoms with Gasteiger partial charge in [-0.05, 0) is 43.0 Å². The van der Waals surface area contributed by atoms with Gasteiger partial charge in [0.05, 0.1) is 10.9 Å². The molecule has 2 amide bonds. The number of unbranched alkanes of at least 4 members (excludes halogenated alkanes) is 1. The number of ether oxygens (including phenoxy) is 2. The smallest absolute Gasteiger partial charge is 0.331 e. The van der Waals surface area contributed by atoms with E-state index in [1.165, 1.54) is 4.57 Å². The first-order valence-corrected chi connectivity index (χ1v) is 12.0. The van der Waals surface area contributed by atoms with E-state index in [2.05, 4.69) is 10.6 Å². The normalized spacial score (nSPS) is 12.2. The van der Waals surface area contributed by atoms with Crippen molar-refractivity contribution in [2.75, 3.05) is 18.7 Å². The third-order valence-corrected chi connectivity index (χ3v) is 5.83. The van der Waals surface area contributed by atoms with Gasteiger partial charge in [-0.1, -0.05) is 26.0 Å². The molecule has 2 aromatic carbocycles. The van der Waals surface area contributed by atoms with Gasteiger partial charge in [-0.2, -0.15) is 0 Å². The number of anilines is 1. The number of aromatic nitrogens is 2. The number of para-hydroxylation sites is 1. The van der Waals surface area contributed by atoms with Crippen molar-refractivity contribution in [3.8, 4) is 11.5 Å². The quantitative estimate of drug-likeness (QED) is 0.418. The summed E-state index contributed by atoms with van der Waals surface area (Å²) in [6.07, 6.45) is 1.33. The molecule has 10 heteroatoms. The monoisotopic (exact) mass is 494 g/mol. The van der Waals surface area contributed by atoms with Crippen molar-refractivity contribution in [2.45, 2.75) is 46.2 Å². The molecule has 1 aliphatic rings. The predicted octanol–water partition coefficient (Wildman–Crippen LogP) is 2.47. The molecule has 190 valence electrons. The van der Waals surface area contributed by atoms with Crippen LogP contribution in [-0.2, 0) is 22.7 Å². The first kappa shape index (κ1) is 25.0. The maximum atomic E-state index is 13.3. The van der Waals surface area contributed by atoms with Crippen molar-refractivity contribution in [2.24, 2.45) is 5.92 Å². The van der Waals surface area contributed by atoms with Gasteiger partial charge in [0.2, 0.25) is 18.6 Å². The molecule has 36 heavy (non-hydrogen) atoms. The highest BCUT2D eigenvalue weighted by atomic mass is 16.7. The summed E-state index contributed by atoms with van der Waals surface area (Å²) in [6.45, 7) is 4.66. The fourth-order valence-electron chi connectivity index (χ4n) is 4.00. The largest absolute Gasteiger partial charge is 0.454 e. The number of amides is 2. The number of rotatable bonds is 10. The van der Waals surface area contributed by atoms with E-state index in [0.29, 0.717) is 59.8 Å². The van der Waals surface area contributed by atoms with Crippen LogP contribution in [0.1, 0.15) is 33.1 Å². The maximum absolute atomic E-state index is 13.3. The van der Waals surface area contributed by atoms with E-state index >= 15 is 0 Å². The highest BCUT2D eigenvalue weighted by Gasteiger charge is 2.17. The van der Waals surface area contributed by atoms with E-state index < -0.39 is 17.2 Å². The lowest BCUT2D eigenvalue weighted by Crippen LogP contribution is -2.41. The highest BCUT2D eigenvalue weighted by Crippen LogP contribution is 2.34. The zero-order valence-corrected chi connectivity index (χ0v) is 20.4. The molecule has 1 aromatic heterocycles. The molecule has 0 bridgehead atoms. The molecule has 2 N–H and O–H groups in total. The van der Waals surface area contributed by atoms with Gasteiger partial charge in [0.25, 0.3) is 5.56 Å². The molecule has 0 saturated heterocycles. The van der Waals surface area contributed by atoms with Crippen LogP contribution in [0.4, 0.5) is 5.69 Å². The highest BCUT2D eigenvalue weighted by molar-refractivity contribution is 5.92. The number of benzene rings is 2. The van der Waals surface area contributed by atoms with Crippen LogP contribution in [0.5, 0.6) is 11.5 Å². The average molecular weight is 495 g/mol. The number of carbonyl (C=O) groups excluding carboxylic acids is 2. The van der Waals surface area contributed by atoms with Crippen LogP contribution in [0.2, 0.25) is 0 Å². The Hall–Kier alpha value is -4.08. The fourth-order valence-corrected chi connectivity index (χ4v) is 4.00. The first-order valence-electron chi connectivity index (χ1n) is 12.0. The molecular weight excluding hydrogens is 464 g/mol. The molecule has 0 unspecified atom stereocenters. The predicted molar refractivity (Wildman–Crippen MR) is 135 cm³/mol. The second-order valence-corrected chi connectivity index (χ2v) is 9.11. The SMILES string of the molecule is CC(C)CNC(=O)CCCCn1c(=O)c2ccccc2n(CC(=O)Nc2ccc3c(c2)OCO3)c1=O. The maximum Gasteiger partial charge on any atom is 0.331 e. The van der Waals surface area contributed by atoms with Crippen LogP contribution < -0.4 is 31.4 Å². The summed E-state index contributed by atoms with van der Waals surface area (Å²) >= 11 is 0. The van der Waals surface area contributed by atoms with E-state index in [1.54, 1.807) is 42.5 Å². The minimum Gasteiger partial charge on any atom is -0.454 e. The summed E-state index contributed by atoms with van der Waals surface area (Å²) in [6, 6.07) is 11.8. The van der Waals surface area contributed by atoms with Crippen LogP contribution in [0.15, 0.2) is 52.1 Å². The molecule has 0 radical (unpaired) electrons. The summed E-state index contributed by atoms with van der Waals surface area (Å²) in [5, 5.41) is 5.97. The Bertz CT molecular complexity index is 1390. The van der Waals surface area contributed by atoms with E-state index in [4.69, 9.17) is 9.47 Å². The number of carbonyl (C=O) groups is 2. The molecule has 3 aromatic rings. The molecule has 0 spiro atoms. The van der Waals surface area contributed by atoms with E-state index in [0.717, 1.165) is 4.57 Å². The van der Waals surface area contributed by atoms with Crippen molar-refractivity contribution in [3.63, 3.8) is 0 Å². The van der Waals surface area contributed by atoms with Crippen LogP contribution >= 0.6 is 0 Å². The van der Waals surface area contributed by atoms with Crippen LogP contribution in [0.25, 0.3) is 10.9 Å². The van der Waals surface area contributed by atoms with Gasteiger partial charge >= 0.3 is 5.69 Å². The third-order valence-electron chi connectivity index (χ3n) is 5.83. The topological polar surface area (TPSA) is 121 Å². The molecule has 10 nitrogen and oxygen atoms in total. The standard InChI is InChI=1S/C26H30N4O6/c1-17(2)14-27-23(31)9-5-6-12-29-25(33)19-7-3-4-8-20(19)30(26(29)34)15-24(32)28-18-10-11-21-22(13-18)36-16-35-21/h3-4,7-8,10-11,13,17H,5-6,9,12,14-16H2,1-2H3,(H,27,31)(H,28,32). The summed E-state index contributed by atoms with van der Waals surface area (Å²) in [5.74, 6) is 1.02. The second-order valence-electron chi connectivity index (χ2n) is 9.11. The summed E-state index contributed by atoms with van der Waals surface area (Å²) in [5.41, 5.74) is -0.0839. The number of fused-ring (bicyclic) bond motifs is 2. The Morgan fingerprint density at radius 3 is 2.56 bits per heavy atom. The van der Waals surface area contributed by atoms with Gasteiger partial charge in [-0.15, -0.1) is 0 Å². The Kier molecular flexibility index (Phi) is 7.72. The molecule has 4 rings (SSSR count). The number of nitrogens with one attached hydrogen (secondary N) is 2. The van der Waals surface area contributed by atoms with E-state index in [1.807, 2.05) is 13.8 Å². The second kappa shape index (κ2) is 11.1. The lowest BCUT2D eigenvalue weighted by atomic mass is 10.2. The van der Waals surface area contributed by atoms with Crippen LogP contribution in [-0.4, -0.2) is 34.3 Å². The summed E-state index contributed by atoms with van der Waals surface area (Å²) < 4.78 is 13.1. The van der Waals surface area contributed by atoms with Crippen molar-refractivity contribution in [3.05, 3.63) is 63.3 Å². The van der Waals surface area contributed by atoms with Gasteiger partial charge < -0.3 is 20.1 Å².